The molecule has 1 unspecified atom stereocenters. The van der Waals surface area contributed by atoms with Gasteiger partial charge in [-0.2, -0.15) is 0 Å². The molecule has 2 aromatic carbocycles. The van der Waals surface area contributed by atoms with Crippen LogP contribution in [0.1, 0.15) is 24.1 Å². The molecule has 0 bridgehead atoms. The van der Waals surface area contributed by atoms with Crippen LogP contribution in [-0.4, -0.2) is 42.1 Å². The minimum atomic E-state index is -0.435. The van der Waals surface area contributed by atoms with E-state index < -0.39 is 4.92 Å². The zero-order valence-electron chi connectivity index (χ0n) is 15.8. The molecule has 1 amide bonds. The second kappa shape index (κ2) is 10.1. The second-order valence-corrected chi connectivity index (χ2v) is 7.47. The monoisotopic (exact) mass is 387 g/mol. The third-order valence-corrected chi connectivity index (χ3v) is 5.32. The zero-order valence-corrected chi connectivity index (χ0v) is 16.7. The fraction of sp³-hybridized carbons (Fsp3) is 0.350. The second-order valence-electron chi connectivity index (χ2n) is 6.42. The van der Waals surface area contributed by atoms with Crippen molar-refractivity contribution in [1.29, 1.82) is 0 Å². The molecule has 0 saturated heterocycles. The summed E-state index contributed by atoms with van der Waals surface area (Å²) >= 11 is 1.36. The van der Waals surface area contributed by atoms with Gasteiger partial charge in [-0.15, -0.1) is 11.8 Å². The van der Waals surface area contributed by atoms with Gasteiger partial charge in [0.1, 0.15) is 0 Å². The number of nitro benzene ring substituents is 1. The van der Waals surface area contributed by atoms with Crippen LogP contribution in [0.4, 0.5) is 5.69 Å². The smallest absolute Gasteiger partial charge is 0.269 e. The third kappa shape index (κ3) is 6.37. The average molecular weight is 388 g/mol. The van der Waals surface area contributed by atoms with E-state index in [1.807, 2.05) is 14.1 Å². The molecule has 0 saturated carbocycles. The van der Waals surface area contributed by atoms with Gasteiger partial charge in [-0.25, -0.2) is 0 Å². The van der Waals surface area contributed by atoms with E-state index in [9.17, 15) is 14.9 Å². The number of carbonyl (C=O) groups is 1. The lowest BCUT2D eigenvalue weighted by Gasteiger charge is -2.25. The van der Waals surface area contributed by atoms with Crippen LogP contribution in [0.25, 0.3) is 0 Å². The van der Waals surface area contributed by atoms with Crippen molar-refractivity contribution in [2.24, 2.45) is 0 Å². The fourth-order valence-corrected chi connectivity index (χ4v) is 3.38. The molecule has 144 valence electrons. The SMILES string of the molecule is CCc1ccc(C(CNC(=O)CSc2ccc([N+](=O)[O-])cc2)N(C)C)cc1. The number of amides is 1. The predicted octanol–water partition coefficient (Wildman–Crippen LogP) is 3.67. The normalized spacial score (nSPS) is 12.0. The van der Waals surface area contributed by atoms with Gasteiger partial charge in [0.05, 0.1) is 16.7 Å². The maximum absolute atomic E-state index is 12.2. The third-order valence-electron chi connectivity index (χ3n) is 4.31. The first-order valence-electron chi connectivity index (χ1n) is 8.80. The minimum absolute atomic E-state index is 0.0479. The molecule has 1 N–H and O–H groups in total. The molecular formula is C20H25N3O3S. The summed E-state index contributed by atoms with van der Waals surface area (Å²) in [6.07, 6.45) is 1.00. The van der Waals surface area contributed by atoms with E-state index in [2.05, 4.69) is 41.4 Å². The van der Waals surface area contributed by atoms with Gasteiger partial charge in [-0.1, -0.05) is 31.2 Å². The maximum atomic E-state index is 12.2. The molecule has 0 aliphatic heterocycles. The zero-order chi connectivity index (χ0) is 19.8. The number of non-ortho nitro benzene ring substituents is 1. The molecule has 0 aliphatic rings. The van der Waals surface area contributed by atoms with Crippen molar-refractivity contribution in [3.05, 3.63) is 69.8 Å². The number of nitro groups is 1. The summed E-state index contributed by atoms with van der Waals surface area (Å²) in [5.41, 5.74) is 2.51. The first kappa shape index (κ1) is 20.9. The summed E-state index contributed by atoms with van der Waals surface area (Å²) in [5.74, 6) is 0.211. The Kier molecular flexibility index (Phi) is 7.82. The van der Waals surface area contributed by atoms with E-state index >= 15 is 0 Å². The van der Waals surface area contributed by atoms with E-state index in [-0.39, 0.29) is 23.4 Å². The van der Waals surface area contributed by atoms with E-state index in [1.165, 1.54) is 35.0 Å². The molecule has 0 radical (unpaired) electrons. The quantitative estimate of drug-likeness (QED) is 0.404. The molecule has 0 fully saturated rings. The van der Waals surface area contributed by atoms with Gasteiger partial charge in [0.2, 0.25) is 5.91 Å². The Labute approximate surface area is 164 Å². The van der Waals surface area contributed by atoms with Crippen molar-refractivity contribution < 1.29 is 9.72 Å². The first-order valence-corrected chi connectivity index (χ1v) is 9.78. The van der Waals surface area contributed by atoms with Gasteiger partial charge in [-0.3, -0.25) is 14.9 Å². The van der Waals surface area contributed by atoms with E-state index in [0.29, 0.717) is 6.54 Å². The molecule has 0 spiro atoms. The Morgan fingerprint density at radius 1 is 1.15 bits per heavy atom. The largest absolute Gasteiger partial charge is 0.353 e. The average Bonchev–Trinajstić information content (AvgIpc) is 2.67. The number of likely N-dealkylation sites (N-methyl/N-ethyl adjacent to an activating group) is 1. The lowest BCUT2D eigenvalue weighted by molar-refractivity contribution is -0.384. The molecule has 1 atom stereocenters. The molecule has 27 heavy (non-hydrogen) atoms. The standard InChI is InChI=1S/C20H25N3O3S/c1-4-15-5-7-16(8-6-15)19(22(2)3)13-21-20(24)14-27-18-11-9-17(10-12-18)23(25)26/h5-12,19H,4,13-14H2,1-3H3,(H,21,24). The van der Waals surface area contributed by atoms with E-state index in [1.54, 1.807) is 12.1 Å². The van der Waals surface area contributed by atoms with Crippen molar-refractivity contribution in [3.8, 4) is 0 Å². The van der Waals surface area contributed by atoms with Gasteiger partial charge >= 0.3 is 0 Å². The highest BCUT2D eigenvalue weighted by molar-refractivity contribution is 8.00. The van der Waals surface area contributed by atoms with Crippen LogP contribution in [0.3, 0.4) is 0 Å². The maximum Gasteiger partial charge on any atom is 0.269 e. The molecule has 0 aliphatic carbocycles. The summed E-state index contributed by atoms with van der Waals surface area (Å²) in [6, 6.07) is 14.8. The first-order chi connectivity index (χ1) is 12.9. The lowest BCUT2D eigenvalue weighted by Crippen LogP contribution is -2.35. The van der Waals surface area contributed by atoms with Crippen LogP contribution >= 0.6 is 11.8 Å². The highest BCUT2D eigenvalue weighted by Crippen LogP contribution is 2.22. The Balaban J connectivity index is 1.86. The van der Waals surface area contributed by atoms with Gasteiger partial charge in [0.15, 0.2) is 0 Å². The molecule has 2 rings (SSSR count). The molecule has 0 heterocycles. The van der Waals surface area contributed by atoms with Crippen LogP contribution in [0.5, 0.6) is 0 Å². The van der Waals surface area contributed by atoms with Crippen molar-refractivity contribution >= 4 is 23.4 Å². The summed E-state index contributed by atoms with van der Waals surface area (Å²) in [6.45, 7) is 2.65. The minimum Gasteiger partial charge on any atom is -0.353 e. The number of rotatable bonds is 9. The van der Waals surface area contributed by atoms with Crippen molar-refractivity contribution in [2.45, 2.75) is 24.3 Å². The van der Waals surface area contributed by atoms with Crippen LogP contribution in [0.2, 0.25) is 0 Å². The van der Waals surface area contributed by atoms with Gasteiger partial charge in [0.25, 0.3) is 5.69 Å². The molecule has 2 aromatic rings. The molecule has 6 nitrogen and oxygen atoms in total. The highest BCUT2D eigenvalue weighted by atomic mass is 32.2. The predicted molar refractivity (Wildman–Crippen MR) is 109 cm³/mol. The van der Waals surface area contributed by atoms with Crippen molar-refractivity contribution in [2.75, 3.05) is 26.4 Å². The number of nitrogens with zero attached hydrogens (tertiary/aromatic N) is 2. The van der Waals surface area contributed by atoms with Gasteiger partial charge in [-0.05, 0) is 43.8 Å². The van der Waals surface area contributed by atoms with Crippen LogP contribution in [-0.2, 0) is 11.2 Å². The van der Waals surface area contributed by atoms with Crippen molar-refractivity contribution in [3.63, 3.8) is 0 Å². The van der Waals surface area contributed by atoms with Crippen LogP contribution < -0.4 is 5.32 Å². The van der Waals surface area contributed by atoms with Gasteiger partial charge in [0, 0.05) is 23.6 Å². The Morgan fingerprint density at radius 3 is 2.30 bits per heavy atom. The number of benzene rings is 2. The Bertz CT molecular complexity index is 761. The fourth-order valence-electron chi connectivity index (χ4n) is 2.65. The summed E-state index contributed by atoms with van der Waals surface area (Å²) in [4.78, 5) is 25.3. The topological polar surface area (TPSA) is 75.5 Å². The number of thioether (sulfide) groups is 1. The number of carbonyl (C=O) groups excluding carboxylic acids is 1. The number of hydrogen-bond acceptors (Lipinski definition) is 5. The van der Waals surface area contributed by atoms with Crippen molar-refractivity contribution in [1.82, 2.24) is 10.2 Å². The number of hydrogen-bond donors (Lipinski definition) is 1. The number of aryl methyl sites for hydroxylation is 1. The van der Waals surface area contributed by atoms with Crippen LogP contribution in [0.15, 0.2) is 53.4 Å². The Hall–Kier alpha value is -2.38. The summed E-state index contributed by atoms with van der Waals surface area (Å²) < 4.78 is 0. The van der Waals surface area contributed by atoms with Gasteiger partial charge < -0.3 is 10.2 Å². The summed E-state index contributed by atoms with van der Waals surface area (Å²) in [7, 11) is 3.99. The van der Waals surface area contributed by atoms with E-state index in [0.717, 1.165) is 11.3 Å². The van der Waals surface area contributed by atoms with Crippen LogP contribution in [0, 0.1) is 10.1 Å². The van der Waals surface area contributed by atoms with E-state index in [4.69, 9.17) is 0 Å². The Morgan fingerprint density at radius 2 is 1.78 bits per heavy atom. The lowest BCUT2D eigenvalue weighted by atomic mass is 10.0. The summed E-state index contributed by atoms with van der Waals surface area (Å²) in [5, 5.41) is 13.6. The molecule has 0 aromatic heterocycles. The highest BCUT2D eigenvalue weighted by Gasteiger charge is 2.15. The molecular weight excluding hydrogens is 362 g/mol. The molecule has 7 heteroatoms. The number of nitrogens with one attached hydrogen (secondary N) is 1.